The smallest absolute Gasteiger partial charge is 0.293 e. The highest BCUT2D eigenvalue weighted by Crippen LogP contribution is 2.26. The van der Waals surface area contributed by atoms with Gasteiger partial charge in [-0.3, -0.25) is 14.9 Å². The van der Waals surface area contributed by atoms with Gasteiger partial charge in [-0.15, -0.1) is 0 Å². The topological polar surface area (TPSA) is 93.5 Å². The average molecular weight is 371 g/mol. The van der Waals surface area contributed by atoms with Crippen molar-refractivity contribution < 1.29 is 14.5 Å². The third kappa shape index (κ3) is 6.07. The summed E-state index contributed by atoms with van der Waals surface area (Å²) in [5.41, 5.74) is 2.58. The fourth-order valence-corrected chi connectivity index (χ4v) is 2.49. The van der Waals surface area contributed by atoms with Crippen molar-refractivity contribution in [3.05, 3.63) is 69.3 Å². The molecule has 7 heteroatoms. The van der Waals surface area contributed by atoms with Crippen molar-refractivity contribution >= 4 is 17.3 Å². The molecule has 0 aromatic heterocycles. The van der Waals surface area contributed by atoms with Crippen LogP contribution in [0.2, 0.25) is 0 Å². The summed E-state index contributed by atoms with van der Waals surface area (Å²) >= 11 is 0. The summed E-state index contributed by atoms with van der Waals surface area (Å²) in [5, 5.41) is 17.2. The van der Waals surface area contributed by atoms with E-state index in [4.69, 9.17) is 4.74 Å². The minimum Gasteiger partial charge on any atom is -0.377 e. The summed E-state index contributed by atoms with van der Waals surface area (Å²) < 4.78 is 5.36. The average Bonchev–Trinajstić information content (AvgIpc) is 2.64. The van der Waals surface area contributed by atoms with E-state index in [2.05, 4.69) is 10.6 Å². The quantitative estimate of drug-likeness (QED) is 0.515. The number of carbonyl (C=O) groups is 1. The molecule has 0 fully saturated rings. The van der Waals surface area contributed by atoms with Crippen molar-refractivity contribution in [2.75, 3.05) is 11.9 Å². The molecule has 2 N–H and O–H groups in total. The number of carbonyl (C=O) groups excluding carboxylic acids is 1. The first-order valence-corrected chi connectivity index (χ1v) is 8.89. The molecular formula is C20H25N3O4. The molecule has 144 valence electrons. The van der Waals surface area contributed by atoms with E-state index in [0.29, 0.717) is 25.4 Å². The number of rotatable bonds is 9. The van der Waals surface area contributed by atoms with Gasteiger partial charge in [0.15, 0.2) is 0 Å². The van der Waals surface area contributed by atoms with Crippen LogP contribution in [0.5, 0.6) is 0 Å². The van der Waals surface area contributed by atoms with Gasteiger partial charge in [-0.25, -0.2) is 0 Å². The van der Waals surface area contributed by atoms with Gasteiger partial charge < -0.3 is 15.4 Å². The molecule has 2 aromatic rings. The van der Waals surface area contributed by atoms with Crippen LogP contribution >= 0.6 is 0 Å². The number of nitro groups is 1. The zero-order valence-electron chi connectivity index (χ0n) is 15.8. The number of anilines is 1. The number of nitrogens with zero attached hydrogens (tertiary/aromatic N) is 1. The predicted molar refractivity (Wildman–Crippen MR) is 105 cm³/mol. The molecule has 2 aromatic carbocycles. The highest BCUT2D eigenvalue weighted by Gasteiger charge is 2.17. The zero-order valence-corrected chi connectivity index (χ0v) is 15.8. The van der Waals surface area contributed by atoms with Crippen LogP contribution in [-0.2, 0) is 17.9 Å². The largest absolute Gasteiger partial charge is 0.377 e. The first kappa shape index (κ1) is 20.4. The first-order chi connectivity index (χ1) is 12.9. The van der Waals surface area contributed by atoms with Crippen LogP contribution in [0.25, 0.3) is 0 Å². The van der Waals surface area contributed by atoms with Gasteiger partial charge in [0.05, 0.1) is 11.5 Å². The Kier molecular flexibility index (Phi) is 7.31. The molecule has 27 heavy (non-hydrogen) atoms. The minimum atomic E-state index is -0.486. The maximum absolute atomic E-state index is 12.1. The Balaban J connectivity index is 2.09. The maximum Gasteiger partial charge on any atom is 0.293 e. The predicted octanol–water partition coefficient (Wildman–Crippen LogP) is 3.88. The summed E-state index contributed by atoms with van der Waals surface area (Å²) in [6.45, 7) is 7.29. The van der Waals surface area contributed by atoms with Gasteiger partial charge in [-0.2, -0.15) is 0 Å². The van der Waals surface area contributed by atoms with Crippen LogP contribution in [-0.4, -0.2) is 23.5 Å². The van der Waals surface area contributed by atoms with Gasteiger partial charge >= 0.3 is 0 Å². The molecule has 0 heterocycles. The molecular weight excluding hydrogens is 346 g/mol. The second-order valence-electron chi connectivity index (χ2n) is 6.42. The third-order valence-electron chi connectivity index (χ3n) is 3.86. The van der Waals surface area contributed by atoms with Crippen molar-refractivity contribution in [2.45, 2.75) is 40.0 Å². The van der Waals surface area contributed by atoms with E-state index in [1.54, 1.807) is 12.1 Å². The van der Waals surface area contributed by atoms with E-state index < -0.39 is 4.92 Å². The van der Waals surface area contributed by atoms with Crippen LogP contribution in [0.15, 0.2) is 42.5 Å². The van der Waals surface area contributed by atoms with E-state index in [1.165, 1.54) is 6.07 Å². The SMILES string of the molecule is CCOCc1ccc(CNc2ccc(C(=O)NC(C)C)cc2[N+](=O)[O-])cc1. The highest BCUT2D eigenvalue weighted by molar-refractivity contribution is 5.95. The fourth-order valence-electron chi connectivity index (χ4n) is 2.49. The fraction of sp³-hybridized carbons (Fsp3) is 0.350. The van der Waals surface area contributed by atoms with E-state index >= 15 is 0 Å². The summed E-state index contributed by atoms with van der Waals surface area (Å²) in [4.78, 5) is 23.0. The molecule has 7 nitrogen and oxygen atoms in total. The first-order valence-electron chi connectivity index (χ1n) is 8.89. The summed E-state index contributed by atoms with van der Waals surface area (Å²) in [6.07, 6.45) is 0. The molecule has 0 atom stereocenters. The van der Waals surface area contributed by atoms with Crippen molar-refractivity contribution in [1.29, 1.82) is 0 Å². The Labute approximate surface area is 158 Å². The molecule has 0 unspecified atom stereocenters. The Morgan fingerprint density at radius 2 is 1.81 bits per heavy atom. The molecule has 0 saturated heterocycles. The van der Waals surface area contributed by atoms with Crippen molar-refractivity contribution in [3.63, 3.8) is 0 Å². The molecule has 0 bridgehead atoms. The number of hydrogen-bond donors (Lipinski definition) is 2. The molecule has 0 saturated carbocycles. The van der Waals surface area contributed by atoms with Gasteiger partial charge in [-0.1, -0.05) is 24.3 Å². The number of ether oxygens (including phenoxy) is 1. The van der Waals surface area contributed by atoms with Gasteiger partial charge in [0, 0.05) is 30.8 Å². The minimum absolute atomic E-state index is 0.0416. The van der Waals surface area contributed by atoms with Crippen LogP contribution in [0.3, 0.4) is 0 Å². The number of nitro benzene ring substituents is 1. The lowest BCUT2D eigenvalue weighted by atomic mass is 10.1. The molecule has 0 aliphatic carbocycles. The molecule has 0 aliphatic rings. The lowest BCUT2D eigenvalue weighted by Crippen LogP contribution is -2.30. The number of hydrogen-bond acceptors (Lipinski definition) is 5. The summed E-state index contributed by atoms with van der Waals surface area (Å²) in [6, 6.07) is 12.3. The zero-order chi connectivity index (χ0) is 19.8. The monoisotopic (exact) mass is 371 g/mol. The van der Waals surface area contributed by atoms with Crippen molar-refractivity contribution in [2.24, 2.45) is 0 Å². The Hall–Kier alpha value is -2.93. The van der Waals surface area contributed by atoms with E-state index in [1.807, 2.05) is 45.0 Å². The Morgan fingerprint density at radius 3 is 2.41 bits per heavy atom. The highest BCUT2D eigenvalue weighted by atomic mass is 16.6. The van der Waals surface area contributed by atoms with Gasteiger partial charge in [0.1, 0.15) is 5.69 Å². The van der Waals surface area contributed by atoms with Crippen molar-refractivity contribution in [3.8, 4) is 0 Å². The van der Waals surface area contributed by atoms with Crippen LogP contribution in [0.4, 0.5) is 11.4 Å². The van der Waals surface area contributed by atoms with E-state index in [9.17, 15) is 14.9 Å². The number of benzene rings is 2. The summed E-state index contributed by atoms with van der Waals surface area (Å²) in [7, 11) is 0. The second-order valence-corrected chi connectivity index (χ2v) is 6.42. The maximum atomic E-state index is 12.1. The summed E-state index contributed by atoms with van der Waals surface area (Å²) in [5.74, 6) is -0.329. The van der Waals surface area contributed by atoms with Crippen LogP contribution in [0, 0.1) is 10.1 Å². The molecule has 0 radical (unpaired) electrons. The lowest BCUT2D eigenvalue weighted by Gasteiger charge is -2.11. The molecule has 0 spiro atoms. The Bertz CT molecular complexity index is 788. The third-order valence-corrected chi connectivity index (χ3v) is 3.86. The Morgan fingerprint density at radius 1 is 1.15 bits per heavy atom. The normalized spacial score (nSPS) is 10.7. The van der Waals surface area contributed by atoms with Crippen LogP contribution in [0.1, 0.15) is 42.3 Å². The second kappa shape index (κ2) is 9.68. The van der Waals surface area contributed by atoms with E-state index in [-0.39, 0.29) is 23.2 Å². The number of amides is 1. The standard InChI is InChI=1S/C20H25N3O4/c1-4-27-13-16-7-5-15(6-8-16)12-21-18-10-9-17(11-19(18)23(25)26)20(24)22-14(2)3/h5-11,14,21H,4,12-13H2,1-3H3,(H,22,24). The molecule has 2 rings (SSSR count). The van der Waals surface area contributed by atoms with Crippen molar-refractivity contribution in [1.82, 2.24) is 5.32 Å². The number of nitrogens with one attached hydrogen (secondary N) is 2. The van der Waals surface area contributed by atoms with Gasteiger partial charge in [0.25, 0.3) is 11.6 Å². The molecule has 1 amide bonds. The van der Waals surface area contributed by atoms with Crippen LogP contribution < -0.4 is 10.6 Å². The lowest BCUT2D eigenvalue weighted by molar-refractivity contribution is -0.384. The molecule has 0 aliphatic heterocycles. The van der Waals surface area contributed by atoms with Gasteiger partial charge in [-0.05, 0) is 44.0 Å². The van der Waals surface area contributed by atoms with E-state index in [0.717, 1.165) is 11.1 Å². The van der Waals surface area contributed by atoms with Gasteiger partial charge in [0.2, 0.25) is 0 Å².